The molecule has 1 saturated heterocycles. The number of carbonyl (C=O) groups excluding carboxylic acids is 1. The van der Waals surface area contributed by atoms with E-state index < -0.39 is 0 Å². The summed E-state index contributed by atoms with van der Waals surface area (Å²) in [4.78, 5) is 22.0. The minimum atomic E-state index is -0.258. The summed E-state index contributed by atoms with van der Waals surface area (Å²) in [5.74, 6) is -0.0898. The topological polar surface area (TPSA) is 96.2 Å². The van der Waals surface area contributed by atoms with Gasteiger partial charge in [-0.2, -0.15) is 0 Å². The van der Waals surface area contributed by atoms with Crippen LogP contribution in [0.5, 0.6) is 0 Å². The highest BCUT2D eigenvalue weighted by atomic mass is 16.1. The summed E-state index contributed by atoms with van der Waals surface area (Å²) >= 11 is 0. The van der Waals surface area contributed by atoms with E-state index in [1.165, 1.54) is 12.4 Å². The number of nitrogen functional groups attached to an aromatic ring is 1. The minimum absolute atomic E-state index is 0.169. The van der Waals surface area contributed by atoms with Crippen LogP contribution in [-0.2, 0) is 0 Å². The Labute approximate surface area is 112 Å². The molecule has 0 atom stereocenters. The zero-order valence-electron chi connectivity index (χ0n) is 10.9. The van der Waals surface area contributed by atoms with Crippen molar-refractivity contribution in [2.75, 3.05) is 45.0 Å². The summed E-state index contributed by atoms with van der Waals surface area (Å²) in [6.07, 6.45) is 3.86. The van der Waals surface area contributed by atoms with Gasteiger partial charge in [0, 0.05) is 45.1 Å². The van der Waals surface area contributed by atoms with Gasteiger partial charge in [0.2, 0.25) is 0 Å². The van der Waals surface area contributed by atoms with Crippen molar-refractivity contribution < 1.29 is 4.79 Å². The number of rotatable bonds is 5. The number of nitrogens with two attached hydrogens (primary N) is 1. The molecule has 1 aromatic rings. The maximum absolute atomic E-state index is 11.8. The smallest absolute Gasteiger partial charge is 0.273 e. The van der Waals surface area contributed by atoms with E-state index in [1.807, 2.05) is 0 Å². The van der Waals surface area contributed by atoms with Crippen molar-refractivity contribution in [3.8, 4) is 0 Å². The number of nitrogens with zero attached hydrogens (tertiary/aromatic N) is 3. The molecule has 1 aliphatic rings. The second kappa shape index (κ2) is 7.01. The number of aromatic nitrogens is 2. The summed E-state index contributed by atoms with van der Waals surface area (Å²) in [5.41, 5.74) is 5.79. The molecular weight excluding hydrogens is 244 g/mol. The molecule has 0 aromatic carbocycles. The SMILES string of the molecule is Nc1nccnc1C(=O)NCCCN1CCNCC1. The standard InChI is InChI=1S/C12H20N6O/c13-11-10(15-3-4-16-11)12(19)17-2-1-7-18-8-5-14-6-9-18/h3-4,14H,1-2,5-9H2,(H2,13,16)(H,17,19). The molecule has 1 fully saturated rings. The van der Waals surface area contributed by atoms with Gasteiger partial charge < -0.3 is 21.3 Å². The lowest BCUT2D eigenvalue weighted by Gasteiger charge is -2.27. The summed E-state index contributed by atoms with van der Waals surface area (Å²) in [7, 11) is 0. The molecule has 7 heteroatoms. The fourth-order valence-corrected chi connectivity index (χ4v) is 2.05. The van der Waals surface area contributed by atoms with Crippen LogP contribution >= 0.6 is 0 Å². The van der Waals surface area contributed by atoms with E-state index in [4.69, 9.17) is 5.73 Å². The van der Waals surface area contributed by atoms with Crippen LogP contribution in [0.3, 0.4) is 0 Å². The first-order valence-corrected chi connectivity index (χ1v) is 6.55. The molecule has 0 aliphatic carbocycles. The third-order valence-electron chi connectivity index (χ3n) is 3.09. The average molecular weight is 264 g/mol. The Kier molecular flexibility index (Phi) is 5.05. The van der Waals surface area contributed by atoms with E-state index in [1.54, 1.807) is 0 Å². The predicted octanol–water partition coefficient (Wildman–Crippen LogP) is -0.916. The molecule has 1 amide bonds. The monoisotopic (exact) mass is 264 g/mol. The van der Waals surface area contributed by atoms with Crippen molar-refractivity contribution in [3.05, 3.63) is 18.1 Å². The van der Waals surface area contributed by atoms with Crippen molar-refractivity contribution >= 4 is 11.7 Å². The Morgan fingerprint density at radius 1 is 1.37 bits per heavy atom. The van der Waals surface area contributed by atoms with Crippen LogP contribution in [0.4, 0.5) is 5.82 Å². The van der Waals surface area contributed by atoms with Gasteiger partial charge in [-0.15, -0.1) is 0 Å². The Morgan fingerprint density at radius 2 is 2.11 bits per heavy atom. The van der Waals surface area contributed by atoms with Gasteiger partial charge in [0.05, 0.1) is 0 Å². The molecule has 0 radical (unpaired) electrons. The van der Waals surface area contributed by atoms with Crippen molar-refractivity contribution in [1.29, 1.82) is 0 Å². The number of anilines is 1. The number of carbonyl (C=O) groups is 1. The maximum Gasteiger partial charge on any atom is 0.273 e. The first-order valence-electron chi connectivity index (χ1n) is 6.55. The highest BCUT2D eigenvalue weighted by Crippen LogP contribution is 2.02. The van der Waals surface area contributed by atoms with E-state index in [0.29, 0.717) is 6.54 Å². The largest absolute Gasteiger partial charge is 0.382 e. The summed E-state index contributed by atoms with van der Waals surface area (Å²) < 4.78 is 0. The molecule has 1 aliphatic heterocycles. The van der Waals surface area contributed by atoms with Crippen LogP contribution in [0.25, 0.3) is 0 Å². The zero-order chi connectivity index (χ0) is 13.5. The van der Waals surface area contributed by atoms with Gasteiger partial charge in [0.1, 0.15) is 0 Å². The third-order valence-corrected chi connectivity index (χ3v) is 3.09. The zero-order valence-corrected chi connectivity index (χ0v) is 10.9. The average Bonchev–Trinajstić information content (AvgIpc) is 2.45. The van der Waals surface area contributed by atoms with E-state index in [-0.39, 0.29) is 17.4 Å². The molecular formula is C12H20N6O. The molecule has 7 nitrogen and oxygen atoms in total. The highest BCUT2D eigenvalue weighted by molar-refractivity contribution is 5.96. The third kappa shape index (κ3) is 4.15. The molecule has 2 heterocycles. The van der Waals surface area contributed by atoms with Crippen LogP contribution in [0, 0.1) is 0 Å². The van der Waals surface area contributed by atoms with E-state index in [0.717, 1.165) is 39.1 Å². The Bertz CT molecular complexity index is 418. The first kappa shape index (κ1) is 13.7. The van der Waals surface area contributed by atoms with Crippen LogP contribution < -0.4 is 16.4 Å². The van der Waals surface area contributed by atoms with Gasteiger partial charge in [0.15, 0.2) is 11.5 Å². The number of nitrogens with one attached hydrogen (secondary N) is 2. The molecule has 2 rings (SSSR count). The van der Waals surface area contributed by atoms with Gasteiger partial charge in [-0.3, -0.25) is 4.79 Å². The fraction of sp³-hybridized carbons (Fsp3) is 0.583. The maximum atomic E-state index is 11.8. The number of amides is 1. The highest BCUT2D eigenvalue weighted by Gasteiger charge is 2.12. The number of piperazine rings is 1. The van der Waals surface area contributed by atoms with Gasteiger partial charge in [-0.05, 0) is 13.0 Å². The molecule has 1 aromatic heterocycles. The van der Waals surface area contributed by atoms with Crippen LogP contribution in [0.2, 0.25) is 0 Å². The second-order valence-corrected chi connectivity index (χ2v) is 4.49. The lowest BCUT2D eigenvalue weighted by atomic mass is 10.3. The quantitative estimate of drug-likeness (QED) is 0.596. The van der Waals surface area contributed by atoms with Crippen molar-refractivity contribution in [2.45, 2.75) is 6.42 Å². The molecule has 19 heavy (non-hydrogen) atoms. The lowest BCUT2D eigenvalue weighted by molar-refractivity contribution is 0.0947. The molecule has 4 N–H and O–H groups in total. The van der Waals surface area contributed by atoms with Gasteiger partial charge in [-0.1, -0.05) is 0 Å². The molecule has 0 spiro atoms. The second-order valence-electron chi connectivity index (χ2n) is 4.49. The molecule has 0 saturated carbocycles. The van der Waals surface area contributed by atoms with E-state index in [9.17, 15) is 4.79 Å². The van der Waals surface area contributed by atoms with Gasteiger partial charge in [0.25, 0.3) is 5.91 Å². The lowest BCUT2D eigenvalue weighted by Crippen LogP contribution is -2.44. The first-order chi connectivity index (χ1) is 9.27. The number of hydrogen-bond donors (Lipinski definition) is 3. The van der Waals surface area contributed by atoms with Crippen molar-refractivity contribution in [3.63, 3.8) is 0 Å². The number of hydrogen-bond acceptors (Lipinski definition) is 6. The van der Waals surface area contributed by atoms with E-state index >= 15 is 0 Å². The predicted molar refractivity (Wildman–Crippen MR) is 72.7 cm³/mol. The van der Waals surface area contributed by atoms with Crippen LogP contribution in [0.15, 0.2) is 12.4 Å². The Morgan fingerprint density at radius 3 is 2.84 bits per heavy atom. The molecule has 0 bridgehead atoms. The fourth-order valence-electron chi connectivity index (χ4n) is 2.05. The summed E-state index contributed by atoms with van der Waals surface area (Å²) in [6, 6.07) is 0. The van der Waals surface area contributed by atoms with Gasteiger partial charge in [-0.25, -0.2) is 9.97 Å². The van der Waals surface area contributed by atoms with Crippen LogP contribution in [0.1, 0.15) is 16.9 Å². The normalized spacial score (nSPS) is 16.2. The molecule has 0 unspecified atom stereocenters. The van der Waals surface area contributed by atoms with Crippen molar-refractivity contribution in [2.24, 2.45) is 0 Å². The Hall–Kier alpha value is -1.73. The molecule has 104 valence electrons. The summed E-state index contributed by atoms with van der Waals surface area (Å²) in [6.45, 7) is 5.86. The summed E-state index contributed by atoms with van der Waals surface area (Å²) in [5, 5.41) is 6.13. The Balaban J connectivity index is 1.68. The van der Waals surface area contributed by atoms with Crippen LogP contribution in [-0.4, -0.2) is 60.0 Å². The minimum Gasteiger partial charge on any atom is -0.382 e. The van der Waals surface area contributed by atoms with Crippen molar-refractivity contribution in [1.82, 2.24) is 25.5 Å². The van der Waals surface area contributed by atoms with Gasteiger partial charge >= 0.3 is 0 Å². The van der Waals surface area contributed by atoms with E-state index in [2.05, 4.69) is 25.5 Å².